The van der Waals surface area contributed by atoms with Crippen LogP contribution in [-0.2, 0) is 16.0 Å². The fraction of sp³-hybridized carbons (Fsp3) is 0.500. The van der Waals surface area contributed by atoms with Crippen LogP contribution in [0.25, 0.3) is 0 Å². The van der Waals surface area contributed by atoms with Crippen LogP contribution in [0, 0.1) is 5.92 Å². The van der Waals surface area contributed by atoms with Crippen molar-refractivity contribution in [3.8, 4) is 5.75 Å². The maximum absolute atomic E-state index is 12.2. The largest absolute Gasteiger partial charge is 0.492 e. The van der Waals surface area contributed by atoms with Gasteiger partial charge in [0.1, 0.15) is 12.4 Å². The molecule has 5 heteroatoms. The first-order valence-electron chi connectivity index (χ1n) is 6.30. The van der Waals surface area contributed by atoms with Gasteiger partial charge in [0.05, 0.1) is 18.6 Å². The SMILES string of the molecule is COCC(CBr)NC(=O)C1COc2ccccc2C1. The number of hydrogen-bond donors (Lipinski definition) is 1. The van der Waals surface area contributed by atoms with Gasteiger partial charge in [0.25, 0.3) is 0 Å². The van der Waals surface area contributed by atoms with Crippen LogP contribution in [0.15, 0.2) is 24.3 Å². The number of amides is 1. The van der Waals surface area contributed by atoms with E-state index in [9.17, 15) is 4.79 Å². The summed E-state index contributed by atoms with van der Waals surface area (Å²) in [5, 5.41) is 3.65. The smallest absolute Gasteiger partial charge is 0.227 e. The van der Waals surface area contributed by atoms with Gasteiger partial charge in [-0.1, -0.05) is 34.1 Å². The standard InChI is InChI=1S/C14H18BrNO3/c1-18-9-12(7-15)16-14(17)11-6-10-4-2-3-5-13(10)19-8-11/h2-5,11-12H,6-9H2,1H3,(H,16,17). The van der Waals surface area contributed by atoms with Crippen LogP contribution in [0.5, 0.6) is 5.75 Å². The normalized spacial score (nSPS) is 19.2. The number of benzene rings is 1. The summed E-state index contributed by atoms with van der Waals surface area (Å²) >= 11 is 3.37. The molecule has 0 saturated carbocycles. The molecule has 4 nitrogen and oxygen atoms in total. The molecule has 0 saturated heterocycles. The van der Waals surface area contributed by atoms with Gasteiger partial charge < -0.3 is 14.8 Å². The Bertz CT molecular complexity index is 438. The summed E-state index contributed by atoms with van der Waals surface area (Å²) in [7, 11) is 1.63. The summed E-state index contributed by atoms with van der Waals surface area (Å²) in [5.74, 6) is 0.782. The molecule has 2 unspecified atom stereocenters. The lowest BCUT2D eigenvalue weighted by Gasteiger charge is -2.26. The average molecular weight is 328 g/mol. The molecule has 104 valence electrons. The third-order valence-corrected chi connectivity index (χ3v) is 3.93. The van der Waals surface area contributed by atoms with Gasteiger partial charge in [-0.25, -0.2) is 0 Å². The van der Waals surface area contributed by atoms with Gasteiger partial charge in [0.15, 0.2) is 0 Å². The Morgan fingerprint density at radius 2 is 2.37 bits per heavy atom. The maximum Gasteiger partial charge on any atom is 0.227 e. The molecular formula is C14H18BrNO3. The van der Waals surface area contributed by atoms with E-state index in [0.29, 0.717) is 18.5 Å². The van der Waals surface area contributed by atoms with Gasteiger partial charge in [-0.3, -0.25) is 4.79 Å². The molecule has 0 radical (unpaired) electrons. The van der Waals surface area contributed by atoms with Crippen molar-refractivity contribution in [3.05, 3.63) is 29.8 Å². The summed E-state index contributed by atoms with van der Waals surface area (Å²) < 4.78 is 10.7. The zero-order valence-electron chi connectivity index (χ0n) is 10.9. The average Bonchev–Trinajstić information content (AvgIpc) is 2.46. The Balaban J connectivity index is 1.95. The summed E-state index contributed by atoms with van der Waals surface area (Å²) in [6.45, 7) is 0.936. The first-order chi connectivity index (χ1) is 9.24. The molecule has 2 rings (SSSR count). The number of ether oxygens (including phenoxy) is 2. The topological polar surface area (TPSA) is 47.6 Å². The quantitative estimate of drug-likeness (QED) is 0.838. The molecule has 0 spiro atoms. The van der Waals surface area contributed by atoms with Crippen molar-refractivity contribution in [2.45, 2.75) is 12.5 Å². The van der Waals surface area contributed by atoms with Crippen LogP contribution < -0.4 is 10.1 Å². The molecule has 0 aromatic heterocycles. The highest BCUT2D eigenvalue weighted by Crippen LogP contribution is 2.26. The predicted octanol–water partition coefficient (Wildman–Crippen LogP) is 1.76. The number of methoxy groups -OCH3 is 1. The van der Waals surface area contributed by atoms with Gasteiger partial charge >= 0.3 is 0 Å². The molecular weight excluding hydrogens is 310 g/mol. The Morgan fingerprint density at radius 3 is 3.11 bits per heavy atom. The number of carbonyl (C=O) groups is 1. The van der Waals surface area contributed by atoms with Crippen LogP contribution >= 0.6 is 15.9 Å². The second kappa shape index (κ2) is 6.91. The van der Waals surface area contributed by atoms with Crippen molar-refractivity contribution in [1.82, 2.24) is 5.32 Å². The van der Waals surface area contributed by atoms with Crippen LogP contribution in [-0.4, -0.2) is 37.6 Å². The molecule has 1 aliphatic heterocycles. The number of carbonyl (C=O) groups excluding carboxylic acids is 1. The molecule has 1 amide bonds. The summed E-state index contributed by atoms with van der Waals surface area (Å²) in [5.41, 5.74) is 1.09. The molecule has 1 N–H and O–H groups in total. The highest BCUT2D eigenvalue weighted by molar-refractivity contribution is 9.09. The first-order valence-corrected chi connectivity index (χ1v) is 7.42. The molecule has 0 bridgehead atoms. The number of hydrogen-bond acceptors (Lipinski definition) is 3. The van der Waals surface area contributed by atoms with E-state index in [1.54, 1.807) is 7.11 Å². The lowest BCUT2D eigenvalue weighted by Crippen LogP contribution is -2.45. The van der Waals surface area contributed by atoms with Crippen LogP contribution in [0.3, 0.4) is 0 Å². The Hall–Kier alpha value is -1.07. The molecule has 0 aliphatic carbocycles. The van der Waals surface area contributed by atoms with E-state index in [0.717, 1.165) is 17.7 Å². The van der Waals surface area contributed by atoms with E-state index >= 15 is 0 Å². The monoisotopic (exact) mass is 327 g/mol. The van der Waals surface area contributed by atoms with Crippen molar-refractivity contribution in [2.75, 3.05) is 25.7 Å². The Kier molecular flexibility index (Phi) is 5.22. The van der Waals surface area contributed by atoms with Crippen molar-refractivity contribution < 1.29 is 14.3 Å². The molecule has 1 heterocycles. The van der Waals surface area contributed by atoms with E-state index in [4.69, 9.17) is 9.47 Å². The van der Waals surface area contributed by atoms with E-state index in [1.165, 1.54) is 0 Å². The minimum Gasteiger partial charge on any atom is -0.492 e. The number of para-hydroxylation sites is 1. The van der Waals surface area contributed by atoms with Gasteiger partial charge in [-0.2, -0.15) is 0 Å². The Morgan fingerprint density at radius 1 is 1.58 bits per heavy atom. The lowest BCUT2D eigenvalue weighted by molar-refractivity contribution is -0.127. The second-order valence-corrected chi connectivity index (χ2v) is 5.28. The van der Waals surface area contributed by atoms with E-state index < -0.39 is 0 Å². The van der Waals surface area contributed by atoms with Crippen LogP contribution in [0.4, 0.5) is 0 Å². The zero-order chi connectivity index (χ0) is 13.7. The van der Waals surface area contributed by atoms with Crippen molar-refractivity contribution in [2.24, 2.45) is 5.92 Å². The molecule has 19 heavy (non-hydrogen) atoms. The minimum absolute atomic E-state index is 0.00493. The van der Waals surface area contributed by atoms with Gasteiger partial charge in [-0.05, 0) is 18.1 Å². The highest BCUT2D eigenvalue weighted by atomic mass is 79.9. The Labute approximate surface area is 121 Å². The summed E-state index contributed by atoms with van der Waals surface area (Å²) in [6.07, 6.45) is 0.726. The molecule has 2 atom stereocenters. The van der Waals surface area contributed by atoms with Gasteiger partial charge in [0, 0.05) is 12.4 Å². The summed E-state index contributed by atoms with van der Waals surface area (Å²) in [4.78, 5) is 12.2. The predicted molar refractivity (Wildman–Crippen MR) is 76.7 cm³/mol. The van der Waals surface area contributed by atoms with Gasteiger partial charge in [0.2, 0.25) is 5.91 Å². The molecule has 1 aromatic carbocycles. The fourth-order valence-electron chi connectivity index (χ4n) is 2.14. The van der Waals surface area contributed by atoms with Crippen LogP contribution in [0.1, 0.15) is 5.56 Å². The minimum atomic E-state index is -0.131. The van der Waals surface area contributed by atoms with Crippen molar-refractivity contribution >= 4 is 21.8 Å². The number of fused-ring (bicyclic) bond motifs is 1. The van der Waals surface area contributed by atoms with E-state index in [2.05, 4.69) is 21.2 Å². The van der Waals surface area contributed by atoms with Crippen molar-refractivity contribution in [3.63, 3.8) is 0 Å². The van der Waals surface area contributed by atoms with Crippen LogP contribution in [0.2, 0.25) is 0 Å². The van der Waals surface area contributed by atoms with Crippen molar-refractivity contribution in [1.29, 1.82) is 0 Å². The fourth-order valence-corrected chi connectivity index (χ4v) is 2.49. The highest BCUT2D eigenvalue weighted by Gasteiger charge is 2.26. The second-order valence-electron chi connectivity index (χ2n) is 4.63. The van der Waals surface area contributed by atoms with Gasteiger partial charge in [-0.15, -0.1) is 0 Å². The summed E-state index contributed by atoms with van der Waals surface area (Å²) in [6, 6.07) is 7.85. The molecule has 0 fully saturated rings. The molecule has 1 aliphatic rings. The first kappa shape index (κ1) is 14.3. The number of alkyl halides is 1. The third-order valence-electron chi connectivity index (χ3n) is 3.15. The maximum atomic E-state index is 12.2. The zero-order valence-corrected chi connectivity index (χ0v) is 12.5. The molecule has 1 aromatic rings. The lowest BCUT2D eigenvalue weighted by atomic mass is 9.96. The van der Waals surface area contributed by atoms with E-state index in [-0.39, 0.29) is 17.9 Å². The number of halogens is 1. The van der Waals surface area contributed by atoms with E-state index in [1.807, 2.05) is 24.3 Å². The number of nitrogens with one attached hydrogen (secondary N) is 1. The number of rotatable bonds is 5. The third kappa shape index (κ3) is 3.70.